The summed E-state index contributed by atoms with van der Waals surface area (Å²) in [4.78, 5) is 39.3. The van der Waals surface area contributed by atoms with E-state index in [4.69, 9.17) is 4.74 Å². The molecule has 0 bridgehead atoms. The average molecular weight is 428 g/mol. The van der Waals surface area contributed by atoms with Gasteiger partial charge < -0.3 is 20.3 Å². The highest BCUT2D eigenvalue weighted by molar-refractivity contribution is 7.98. The molecule has 2 aromatic carbocycles. The minimum Gasteiger partial charge on any atom is -0.436 e. The van der Waals surface area contributed by atoms with Crippen LogP contribution < -0.4 is 15.5 Å². The van der Waals surface area contributed by atoms with Gasteiger partial charge in [-0.3, -0.25) is 9.59 Å². The van der Waals surface area contributed by atoms with Crippen LogP contribution in [0.5, 0.6) is 0 Å². The summed E-state index contributed by atoms with van der Waals surface area (Å²) in [7, 11) is 1.69. The lowest BCUT2D eigenvalue weighted by Crippen LogP contribution is -2.45. The van der Waals surface area contributed by atoms with Crippen molar-refractivity contribution in [3.8, 4) is 11.1 Å². The van der Waals surface area contributed by atoms with Crippen LogP contribution in [0.2, 0.25) is 0 Å². The van der Waals surface area contributed by atoms with E-state index in [0.717, 1.165) is 22.6 Å². The van der Waals surface area contributed by atoms with E-state index >= 15 is 0 Å². The maximum absolute atomic E-state index is 13.2. The van der Waals surface area contributed by atoms with Crippen LogP contribution in [-0.4, -0.2) is 49.6 Å². The number of amides is 3. The Morgan fingerprint density at radius 1 is 1.13 bits per heavy atom. The molecule has 30 heavy (non-hydrogen) atoms. The second-order valence-corrected chi connectivity index (χ2v) is 7.90. The Hall–Kier alpha value is -3.00. The lowest BCUT2D eigenvalue weighted by atomic mass is 9.95. The van der Waals surface area contributed by atoms with Crippen LogP contribution in [0, 0.1) is 0 Å². The molecule has 2 N–H and O–H groups in total. The van der Waals surface area contributed by atoms with E-state index < -0.39 is 24.1 Å². The predicted molar refractivity (Wildman–Crippen MR) is 118 cm³/mol. The van der Waals surface area contributed by atoms with E-state index in [1.807, 2.05) is 54.8 Å². The average Bonchev–Trinajstić information content (AvgIpc) is 2.84. The number of carbonyl (C=O) groups is 3. The van der Waals surface area contributed by atoms with E-state index in [1.165, 1.54) is 6.92 Å². The van der Waals surface area contributed by atoms with Crippen LogP contribution in [-0.2, 0) is 14.3 Å². The van der Waals surface area contributed by atoms with Crippen molar-refractivity contribution in [2.24, 2.45) is 0 Å². The van der Waals surface area contributed by atoms with Crippen LogP contribution in [0.1, 0.15) is 18.5 Å². The second-order valence-electron chi connectivity index (χ2n) is 6.91. The quantitative estimate of drug-likeness (QED) is 0.692. The summed E-state index contributed by atoms with van der Waals surface area (Å²) in [6.45, 7) is 1.93. The number of para-hydroxylation sites is 1. The number of fused-ring (bicyclic) bond motifs is 3. The first kappa shape index (κ1) is 21.7. The topological polar surface area (TPSA) is 87.7 Å². The van der Waals surface area contributed by atoms with Gasteiger partial charge in [-0.15, -0.1) is 0 Å². The smallest absolute Gasteiger partial charge is 0.407 e. The highest BCUT2D eigenvalue weighted by atomic mass is 32.2. The molecule has 1 aliphatic heterocycles. The zero-order chi connectivity index (χ0) is 21.7. The van der Waals surface area contributed by atoms with E-state index in [-0.39, 0.29) is 5.91 Å². The molecule has 2 atom stereocenters. The molecule has 0 radical (unpaired) electrons. The SMILES string of the molecule is CSCCNC(=O)OC(C)C(=O)N[C@@H]1C(=O)N(C)c2ccccc2-c2ccccc21. The second kappa shape index (κ2) is 9.67. The lowest BCUT2D eigenvalue weighted by Gasteiger charge is -2.24. The predicted octanol–water partition coefficient (Wildman–Crippen LogP) is 2.97. The molecule has 0 saturated carbocycles. The van der Waals surface area contributed by atoms with Crippen molar-refractivity contribution in [1.82, 2.24) is 10.6 Å². The number of carbonyl (C=O) groups excluding carboxylic acids is 3. The number of anilines is 1. The molecule has 1 heterocycles. The van der Waals surface area contributed by atoms with Crippen molar-refractivity contribution in [3.05, 3.63) is 54.1 Å². The Morgan fingerprint density at radius 2 is 1.80 bits per heavy atom. The summed E-state index contributed by atoms with van der Waals surface area (Å²) in [6.07, 6.45) is 0.221. The molecule has 0 fully saturated rings. The molecule has 1 unspecified atom stereocenters. The van der Waals surface area contributed by atoms with E-state index in [2.05, 4.69) is 10.6 Å². The van der Waals surface area contributed by atoms with Crippen molar-refractivity contribution in [2.45, 2.75) is 19.1 Å². The first-order chi connectivity index (χ1) is 14.4. The number of hydrogen-bond acceptors (Lipinski definition) is 5. The number of rotatable bonds is 6. The van der Waals surface area contributed by atoms with Gasteiger partial charge in [0.25, 0.3) is 11.8 Å². The van der Waals surface area contributed by atoms with Crippen molar-refractivity contribution in [3.63, 3.8) is 0 Å². The van der Waals surface area contributed by atoms with Crippen LogP contribution in [0.3, 0.4) is 0 Å². The fourth-order valence-corrected chi connectivity index (χ4v) is 3.65. The van der Waals surface area contributed by atoms with Gasteiger partial charge in [-0.05, 0) is 30.4 Å². The molecule has 3 rings (SSSR count). The normalized spacial score (nSPS) is 16.0. The van der Waals surface area contributed by atoms with Gasteiger partial charge in [0.2, 0.25) is 0 Å². The molecular weight excluding hydrogens is 402 g/mol. The van der Waals surface area contributed by atoms with E-state index in [9.17, 15) is 14.4 Å². The molecule has 3 amide bonds. The highest BCUT2D eigenvalue weighted by Gasteiger charge is 2.34. The Bertz CT molecular complexity index is 949. The number of benzene rings is 2. The largest absolute Gasteiger partial charge is 0.436 e. The molecule has 0 spiro atoms. The molecule has 1 aliphatic rings. The fraction of sp³-hybridized carbons (Fsp3) is 0.318. The van der Waals surface area contributed by atoms with Crippen LogP contribution >= 0.6 is 11.8 Å². The van der Waals surface area contributed by atoms with Gasteiger partial charge in [0, 0.05) is 24.9 Å². The molecule has 2 aromatic rings. The van der Waals surface area contributed by atoms with Crippen molar-refractivity contribution in [1.29, 1.82) is 0 Å². The number of thioether (sulfide) groups is 1. The molecule has 158 valence electrons. The minimum atomic E-state index is -1.05. The third-order valence-corrected chi connectivity index (χ3v) is 5.53. The fourth-order valence-electron chi connectivity index (χ4n) is 3.34. The monoisotopic (exact) mass is 427 g/mol. The summed E-state index contributed by atoms with van der Waals surface area (Å²) in [5.74, 6) is -0.0597. The van der Waals surface area contributed by atoms with Crippen LogP contribution in [0.15, 0.2) is 48.5 Å². The zero-order valence-corrected chi connectivity index (χ0v) is 18.0. The number of likely N-dealkylation sites (N-methyl/N-ethyl adjacent to an activating group) is 1. The van der Waals surface area contributed by atoms with Crippen molar-refractivity contribution >= 4 is 35.4 Å². The Labute approximate surface area is 180 Å². The molecule has 0 aromatic heterocycles. The number of nitrogens with zero attached hydrogens (tertiary/aromatic N) is 1. The van der Waals surface area contributed by atoms with Crippen molar-refractivity contribution < 1.29 is 19.1 Å². The van der Waals surface area contributed by atoms with Crippen LogP contribution in [0.4, 0.5) is 10.5 Å². The minimum absolute atomic E-state index is 0.266. The third kappa shape index (κ3) is 4.59. The van der Waals surface area contributed by atoms with E-state index in [1.54, 1.807) is 23.7 Å². The molecule has 0 saturated heterocycles. The summed E-state index contributed by atoms with van der Waals surface area (Å²) in [6, 6.07) is 14.2. The summed E-state index contributed by atoms with van der Waals surface area (Å²) >= 11 is 1.59. The maximum atomic E-state index is 13.2. The zero-order valence-electron chi connectivity index (χ0n) is 17.2. The molecule has 7 nitrogen and oxygen atoms in total. The van der Waals surface area contributed by atoms with Gasteiger partial charge in [0.1, 0.15) is 6.04 Å². The Morgan fingerprint density at radius 3 is 2.53 bits per heavy atom. The summed E-state index contributed by atoms with van der Waals surface area (Å²) in [5.41, 5.74) is 3.26. The number of hydrogen-bond donors (Lipinski definition) is 2. The van der Waals surface area contributed by atoms with Gasteiger partial charge in [0.05, 0.1) is 5.69 Å². The maximum Gasteiger partial charge on any atom is 0.407 e. The van der Waals surface area contributed by atoms with Crippen LogP contribution in [0.25, 0.3) is 11.1 Å². The molecular formula is C22H25N3O4S. The van der Waals surface area contributed by atoms with Crippen molar-refractivity contribution in [2.75, 3.05) is 30.5 Å². The van der Waals surface area contributed by atoms with Gasteiger partial charge in [-0.2, -0.15) is 11.8 Å². The van der Waals surface area contributed by atoms with Gasteiger partial charge >= 0.3 is 6.09 Å². The number of alkyl carbamates (subject to hydrolysis) is 1. The highest BCUT2D eigenvalue weighted by Crippen LogP contribution is 2.39. The molecule has 8 heteroatoms. The Balaban J connectivity index is 1.81. The van der Waals surface area contributed by atoms with Gasteiger partial charge in [-0.25, -0.2) is 4.79 Å². The number of nitrogens with one attached hydrogen (secondary N) is 2. The number of ether oxygens (including phenoxy) is 1. The standard InChI is InChI=1S/C22H25N3O4S/c1-14(29-22(28)23-12-13-30-3)20(26)24-19-17-10-5-4-8-15(17)16-9-6-7-11-18(16)25(2)21(19)27/h4-11,14,19H,12-13H2,1-3H3,(H,23,28)(H,24,26)/t14?,19-/m0/s1. The summed E-state index contributed by atoms with van der Waals surface area (Å²) in [5, 5.41) is 5.35. The Kier molecular flexibility index (Phi) is 6.99. The van der Waals surface area contributed by atoms with Gasteiger partial charge in [-0.1, -0.05) is 42.5 Å². The lowest BCUT2D eigenvalue weighted by molar-refractivity contribution is -0.132. The first-order valence-corrected chi connectivity index (χ1v) is 11.0. The first-order valence-electron chi connectivity index (χ1n) is 9.63. The van der Waals surface area contributed by atoms with E-state index in [0.29, 0.717) is 12.1 Å². The van der Waals surface area contributed by atoms with Gasteiger partial charge in [0.15, 0.2) is 6.10 Å². The molecule has 0 aliphatic carbocycles. The third-order valence-electron chi connectivity index (χ3n) is 4.92. The summed E-state index contributed by atoms with van der Waals surface area (Å²) < 4.78 is 5.15.